The molecule has 172 valence electrons. The van der Waals surface area contributed by atoms with Crippen LogP contribution in [0.2, 0.25) is 0 Å². The maximum Gasteiger partial charge on any atom is 0.244 e. The van der Waals surface area contributed by atoms with E-state index in [9.17, 15) is 18.0 Å². The Morgan fingerprint density at radius 2 is 1.70 bits per heavy atom. The average Bonchev–Trinajstić information content (AvgIpc) is 3.35. The van der Waals surface area contributed by atoms with Gasteiger partial charge in [-0.25, -0.2) is 13.1 Å². The van der Waals surface area contributed by atoms with E-state index >= 15 is 0 Å². The quantitative estimate of drug-likeness (QED) is 0.396. The third kappa shape index (κ3) is 7.44. The molecule has 9 heteroatoms. The van der Waals surface area contributed by atoms with Gasteiger partial charge in [0.05, 0.1) is 17.7 Å². The number of hydrogen-bond acceptors (Lipinski definition) is 5. The van der Waals surface area contributed by atoms with E-state index in [1.165, 1.54) is 30.5 Å². The average molecular weight is 468 g/mol. The van der Waals surface area contributed by atoms with E-state index in [1.54, 1.807) is 31.2 Å². The van der Waals surface area contributed by atoms with E-state index in [1.807, 2.05) is 30.3 Å². The van der Waals surface area contributed by atoms with E-state index in [2.05, 4.69) is 15.4 Å². The largest absolute Gasteiger partial charge is 0.468 e. The van der Waals surface area contributed by atoms with E-state index < -0.39 is 22.0 Å². The Kier molecular flexibility index (Phi) is 8.17. The van der Waals surface area contributed by atoms with Crippen LogP contribution in [0.4, 0.5) is 0 Å². The second-order valence-corrected chi connectivity index (χ2v) is 9.01. The SMILES string of the molecule is CC(NC(=O)C=Cc1ccc(S(=O)(=O)NCc2ccco2)cc1)C(=O)NCc1ccccc1. The molecule has 0 aliphatic heterocycles. The summed E-state index contributed by atoms with van der Waals surface area (Å²) >= 11 is 0. The van der Waals surface area contributed by atoms with Gasteiger partial charge >= 0.3 is 0 Å². The number of rotatable bonds is 10. The highest BCUT2D eigenvalue weighted by atomic mass is 32.2. The van der Waals surface area contributed by atoms with Gasteiger partial charge in [0.15, 0.2) is 0 Å². The first-order valence-corrected chi connectivity index (χ1v) is 11.7. The van der Waals surface area contributed by atoms with Crippen LogP contribution < -0.4 is 15.4 Å². The van der Waals surface area contributed by atoms with Crippen LogP contribution in [-0.4, -0.2) is 26.3 Å². The number of sulfonamides is 1. The monoisotopic (exact) mass is 467 g/mol. The summed E-state index contributed by atoms with van der Waals surface area (Å²) in [5.74, 6) is -0.224. The minimum atomic E-state index is -3.69. The molecule has 3 rings (SSSR count). The van der Waals surface area contributed by atoms with Crippen molar-refractivity contribution >= 4 is 27.9 Å². The fourth-order valence-corrected chi connectivity index (χ4v) is 3.85. The van der Waals surface area contributed by atoms with E-state index in [-0.39, 0.29) is 17.3 Å². The molecule has 0 aliphatic carbocycles. The topological polar surface area (TPSA) is 118 Å². The number of carbonyl (C=O) groups excluding carboxylic acids is 2. The Balaban J connectivity index is 1.48. The molecule has 33 heavy (non-hydrogen) atoms. The van der Waals surface area contributed by atoms with E-state index in [4.69, 9.17) is 4.42 Å². The minimum absolute atomic E-state index is 0.0499. The van der Waals surface area contributed by atoms with Gasteiger partial charge in [-0.05, 0) is 48.4 Å². The summed E-state index contributed by atoms with van der Waals surface area (Å²) in [7, 11) is -3.69. The molecule has 0 saturated heterocycles. The second kappa shape index (κ2) is 11.3. The van der Waals surface area contributed by atoms with Crippen LogP contribution in [0, 0.1) is 0 Å². The highest BCUT2D eigenvalue weighted by Gasteiger charge is 2.15. The number of carbonyl (C=O) groups is 2. The predicted molar refractivity (Wildman–Crippen MR) is 124 cm³/mol. The molecule has 1 unspecified atom stereocenters. The first-order chi connectivity index (χ1) is 15.8. The summed E-state index contributed by atoms with van der Waals surface area (Å²) in [4.78, 5) is 24.4. The Hall–Kier alpha value is -3.69. The van der Waals surface area contributed by atoms with Crippen molar-refractivity contribution in [2.24, 2.45) is 0 Å². The lowest BCUT2D eigenvalue weighted by atomic mass is 10.2. The molecule has 1 atom stereocenters. The zero-order chi connectivity index (χ0) is 23.7. The molecule has 3 N–H and O–H groups in total. The summed E-state index contributed by atoms with van der Waals surface area (Å²) in [6.45, 7) is 2.02. The van der Waals surface area contributed by atoms with Crippen LogP contribution in [0.3, 0.4) is 0 Å². The summed E-state index contributed by atoms with van der Waals surface area (Å²) < 4.78 is 32.3. The number of amides is 2. The molecule has 2 aromatic carbocycles. The molecule has 1 heterocycles. The molecule has 0 saturated carbocycles. The Bertz CT molecular complexity index is 1190. The van der Waals surface area contributed by atoms with Crippen molar-refractivity contribution < 1.29 is 22.4 Å². The lowest BCUT2D eigenvalue weighted by Crippen LogP contribution is -2.44. The summed E-state index contributed by atoms with van der Waals surface area (Å²) in [6, 6.07) is 18.2. The Labute approximate surface area is 192 Å². The third-order valence-corrected chi connectivity index (χ3v) is 6.11. The van der Waals surface area contributed by atoms with Crippen molar-refractivity contribution in [3.8, 4) is 0 Å². The van der Waals surface area contributed by atoms with Crippen LogP contribution in [-0.2, 0) is 32.7 Å². The van der Waals surface area contributed by atoms with Gasteiger partial charge in [-0.15, -0.1) is 0 Å². The minimum Gasteiger partial charge on any atom is -0.468 e. The molecule has 0 radical (unpaired) electrons. The number of nitrogens with one attached hydrogen (secondary N) is 3. The van der Waals surface area contributed by atoms with Gasteiger partial charge < -0.3 is 15.1 Å². The highest BCUT2D eigenvalue weighted by molar-refractivity contribution is 7.89. The summed E-state index contributed by atoms with van der Waals surface area (Å²) in [5.41, 5.74) is 1.60. The van der Waals surface area contributed by atoms with Gasteiger partial charge in [0.2, 0.25) is 21.8 Å². The lowest BCUT2D eigenvalue weighted by molar-refractivity contribution is -0.126. The molecular formula is C24H25N3O5S. The van der Waals surface area contributed by atoms with E-state index in [0.29, 0.717) is 17.9 Å². The fraction of sp³-hybridized carbons (Fsp3) is 0.167. The van der Waals surface area contributed by atoms with Crippen molar-refractivity contribution in [1.29, 1.82) is 0 Å². The molecule has 8 nitrogen and oxygen atoms in total. The molecule has 0 aliphatic rings. The maximum absolute atomic E-state index is 12.4. The zero-order valence-electron chi connectivity index (χ0n) is 18.0. The number of benzene rings is 2. The van der Waals surface area contributed by atoms with Crippen molar-refractivity contribution in [3.05, 3.63) is 96.0 Å². The third-order valence-electron chi connectivity index (χ3n) is 4.70. The smallest absolute Gasteiger partial charge is 0.244 e. The van der Waals surface area contributed by atoms with Gasteiger partial charge in [-0.2, -0.15) is 0 Å². The molecule has 2 amide bonds. The molecular weight excluding hydrogens is 442 g/mol. The van der Waals surface area contributed by atoms with Gasteiger partial charge in [-0.3, -0.25) is 9.59 Å². The zero-order valence-corrected chi connectivity index (χ0v) is 18.8. The second-order valence-electron chi connectivity index (χ2n) is 7.24. The van der Waals surface area contributed by atoms with Gasteiger partial charge in [0.25, 0.3) is 0 Å². The first kappa shape index (κ1) is 24.0. The van der Waals surface area contributed by atoms with Crippen LogP contribution in [0.5, 0.6) is 0 Å². The van der Waals surface area contributed by atoms with Crippen molar-refractivity contribution in [3.63, 3.8) is 0 Å². The Morgan fingerprint density at radius 3 is 2.36 bits per heavy atom. The first-order valence-electron chi connectivity index (χ1n) is 10.3. The maximum atomic E-state index is 12.4. The molecule has 3 aromatic rings. The predicted octanol–water partition coefficient (Wildman–Crippen LogP) is 2.59. The lowest BCUT2D eigenvalue weighted by Gasteiger charge is -2.13. The van der Waals surface area contributed by atoms with Crippen LogP contribution in [0.15, 0.2) is 88.4 Å². The normalized spacial score (nSPS) is 12.4. The van der Waals surface area contributed by atoms with Crippen molar-refractivity contribution in [2.45, 2.75) is 31.0 Å². The highest BCUT2D eigenvalue weighted by Crippen LogP contribution is 2.12. The van der Waals surface area contributed by atoms with Gasteiger partial charge in [0, 0.05) is 12.6 Å². The van der Waals surface area contributed by atoms with Crippen LogP contribution in [0.1, 0.15) is 23.8 Å². The molecule has 0 fully saturated rings. The summed E-state index contributed by atoms with van der Waals surface area (Å²) in [6.07, 6.45) is 4.30. The molecule has 1 aromatic heterocycles. The summed E-state index contributed by atoms with van der Waals surface area (Å²) in [5, 5.41) is 5.37. The van der Waals surface area contributed by atoms with Crippen molar-refractivity contribution in [2.75, 3.05) is 0 Å². The Morgan fingerprint density at radius 1 is 0.970 bits per heavy atom. The fourth-order valence-electron chi connectivity index (χ4n) is 2.86. The number of hydrogen-bond donors (Lipinski definition) is 3. The van der Waals surface area contributed by atoms with Gasteiger partial charge in [0.1, 0.15) is 11.8 Å². The standard InChI is InChI=1S/C24H25N3O5S/c1-18(24(29)25-16-20-6-3-2-4-7-20)27-23(28)14-11-19-9-12-22(13-10-19)33(30,31)26-17-21-8-5-15-32-21/h2-15,18,26H,16-17H2,1H3,(H,25,29)(H,27,28). The van der Waals surface area contributed by atoms with Crippen LogP contribution >= 0.6 is 0 Å². The van der Waals surface area contributed by atoms with Gasteiger partial charge in [-0.1, -0.05) is 42.5 Å². The van der Waals surface area contributed by atoms with Crippen molar-refractivity contribution in [1.82, 2.24) is 15.4 Å². The molecule has 0 bridgehead atoms. The molecule has 0 spiro atoms. The van der Waals surface area contributed by atoms with E-state index in [0.717, 1.165) is 5.56 Å². The van der Waals surface area contributed by atoms with Crippen LogP contribution in [0.25, 0.3) is 6.08 Å². The number of furan rings is 1.